The van der Waals surface area contributed by atoms with E-state index >= 15 is 0 Å². The summed E-state index contributed by atoms with van der Waals surface area (Å²) in [6.45, 7) is 5.15. The van der Waals surface area contributed by atoms with Crippen LogP contribution in [0.15, 0.2) is 24.3 Å². The van der Waals surface area contributed by atoms with Crippen LogP contribution < -0.4 is 5.73 Å². The molecule has 0 saturated heterocycles. The van der Waals surface area contributed by atoms with Crippen LogP contribution in [0.2, 0.25) is 0 Å². The van der Waals surface area contributed by atoms with Crippen LogP contribution in [0, 0.1) is 6.92 Å². The van der Waals surface area contributed by atoms with E-state index in [1.54, 1.807) is 13.0 Å². The highest BCUT2D eigenvalue weighted by atomic mass is 19.1. The topological polar surface area (TPSA) is 26.0 Å². The average Bonchev–Trinajstić information content (AvgIpc) is 2.04. The summed E-state index contributed by atoms with van der Waals surface area (Å²) in [5.41, 5.74) is 5.85. The van der Waals surface area contributed by atoms with Crippen molar-refractivity contribution in [1.82, 2.24) is 0 Å². The van der Waals surface area contributed by atoms with Gasteiger partial charge in [0.05, 0.1) is 0 Å². The van der Waals surface area contributed by atoms with Gasteiger partial charge in [-0.05, 0) is 26.3 Å². The van der Waals surface area contributed by atoms with E-state index in [1.165, 1.54) is 6.92 Å². The second kappa shape index (κ2) is 3.46. The summed E-state index contributed by atoms with van der Waals surface area (Å²) in [5, 5.41) is 0. The highest BCUT2D eigenvalue weighted by molar-refractivity contribution is 5.28. The highest BCUT2D eigenvalue weighted by Gasteiger charge is 2.30. The first-order chi connectivity index (χ1) is 5.94. The Hall–Kier alpha value is -0.890. The molecule has 0 bridgehead atoms. The molecule has 2 heteroatoms. The zero-order valence-electron chi connectivity index (χ0n) is 8.34. The van der Waals surface area contributed by atoms with Crippen LogP contribution in [-0.4, -0.2) is 6.04 Å². The molecule has 0 aromatic heterocycles. The maximum Gasteiger partial charge on any atom is 0.147 e. The van der Waals surface area contributed by atoms with Gasteiger partial charge >= 0.3 is 0 Å². The van der Waals surface area contributed by atoms with Gasteiger partial charge in [-0.25, -0.2) is 4.39 Å². The minimum atomic E-state index is -1.44. The molecule has 0 amide bonds. The molecule has 0 aliphatic heterocycles. The molecule has 0 heterocycles. The normalized spacial score (nSPS) is 17.9. The Morgan fingerprint density at radius 1 is 1.46 bits per heavy atom. The van der Waals surface area contributed by atoms with Crippen molar-refractivity contribution in [2.45, 2.75) is 32.5 Å². The number of alkyl halides is 1. The van der Waals surface area contributed by atoms with Gasteiger partial charge in [-0.1, -0.05) is 29.8 Å². The van der Waals surface area contributed by atoms with Gasteiger partial charge in [0, 0.05) is 6.04 Å². The maximum absolute atomic E-state index is 14.0. The quantitative estimate of drug-likeness (QED) is 0.745. The van der Waals surface area contributed by atoms with E-state index < -0.39 is 11.7 Å². The summed E-state index contributed by atoms with van der Waals surface area (Å²) in [5.74, 6) is 0. The lowest BCUT2D eigenvalue weighted by atomic mass is 9.91. The van der Waals surface area contributed by atoms with E-state index in [0.29, 0.717) is 5.56 Å². The van der Waals surface area contributed by atoms with E-state index in [-0.39, 0.29) is 0 Å². The molecule has 0 aliphatic carbocycles. The number of nitrogens with two attached hydrogens (primary N) is 1. The van der Waals surface area contributed by atoms with Gasteiger partial charge < -0.3 is 5.73 Å². The first-order valence-corrected chi connectivity index (χ1v) is 4.46. The molecule has 1 rings (SSSR count). The third kappa shape index (κ3) is 2.07. The summed E-state index contributed by atoms with van der Waals surface area (Å²) in [4.78, 5) is 0. The summed E-state index contributed by atoms with van der Waals surface area (Å²) in [7, 11) is 0. The fourth-order valence-electron chi connectivity index (χ4n) is 1.21. The van der Waals surface area contributed by atoms with Crippen LogP contribution in [0.1, 0.15) is 25.0 Å². The third-order valence-electron chi connectivity index (χ3n) is 2.44. The van der Waals surface area contributed by atoms with Gasteiger partial charge in [0.2, 0.25) is 0 Å². The number of hydrogen-bond donors (Lipinski definition) is 1. The molecule has 13 heavy (non-hydrogen) atoms. The Balaban J connectivity index is 3.07. The summed E-state index contributed by atoms with van der Waals surface area (Å²) in [6.07, 6.45) is 0. The monoisotopic (exact) mass is 181 g/mol. The predicted octanol–water partition coefficient (Wildman–Crippen LogP) is 2.53. The molecule has 0 fully saturated rings. The Morgan fingerprint density at radius 3 is 2.54 bits per heavy atom. The molecular weight excluding hydrogens is 165 g/mol. The Kier molecular flexibility index (Phi) is 2.71. The van der Waals surface area contributed by atoms with Gasteiger partial charge in [0.15, 0.2) is 0 Å². The zero-order valence-corrected chi connectivity index (χ0v) is 8.34. The standard InChI is InChI=1S/C11H16FN/c1-8-5-4-6-10(7-8)11(3,12)9(2)13/h4-7,9H,13H2,1-3H3. The number of rotatable bonds is 2. The Bertz CT molecular complexity index is 292. The van der Waals surface area contributed by atoms with Gasteiger partial charge in [-0.2, -0.15) is 0 Å². The first-order valence-electron chi connectivity index (χ1n) is 4.46. The van der Waals surface area contributed by atoms with E-state index in [9.17, 15) is 4.39 Å². The molecule has 2 atom stereocenters. The van der Waals surface area contributed by atoms with Gasteiger partial charge in [-0.3, -0.25) is 0 Å². The zero-order chi connectivity index (χ0) is 10.1. The number of halogens is 1. The van der Waals surface area contributed by atoms with Crippen LogP contribution in [0.3, 0.4) is 0 Å². The van der Waals surface area contributed by atoms with E-state index in [1.807, 2.05) is 25.1 Å². The lowest BCUT2D eigenvalue weighted by molar-refractivity contribution is 0.158. The van der Waals surface area contributed by atoms with Crippen molar-refractivity contribution >= 4 is 0 Å². The molecular formula is C11H16FN. The highest BCUT2D eigenvalue weighted by Crippen LogP contribution is 2.28. The van der Waals surface area contributed by atoms with Gasteiger partial charge in [0.25, 0.3) is 0 Å². The largest absolute Gasteiger partial charge is 0.325 e. The predicted molar refractivity (Wildman–Crippen MR) is 53.3 cm³/mol. The van der Waals surface area contributed by atoms with Crippen molar-refractivity contribution < 1.29 is 4.39 Å². The van der Waals surface area contributed by atoms with Crippen LogP contribution in [0.25, 0.3) is 0 Å². The minimum Gasteiger partial charge on any atom is -0.325 e. The van der Waals surface area contributed by atoms with Crippen LogP contribution in [-0.2, 0) is 5.67 Å². The fourth-order valence-corrected chi connectivity index (χ4v) is 1.21. The molecule has 2 N–H and O–H groups in total. The van der Waals surface area contributed by atoms with E-state index in [4.69, 9.17) is 5.73 Å². The second-order valence-corrected chi connectivity index (χ2v) is 3.73. The molecule has 1 nitrogen and oxygen atoms in total. The lowest BCUT2D eigenvalue weighted by Gasteiger charge is -2.25. The second-order valence-electron chi connectivity index (χ2n) is 3.73. The SMILES string of the molecule is Cc1cccc(C(C)(F)C(C)N)c1. The Labute approximate surface area is 78.8 Å². The van der Waals surface area contributed by atoms with Crippen LogP contribution in [0.4, 0.5) is 4.39 Å². The molecule has 72 valence electrons. The maximum atomic E-state index is 14.0. The molecule has 0 radical (unpaired) electrons. The summed E-state index contributed by atoms with van der Waals surface area (Å²) in [6, 6.07) is 6.92. The lowest BCUT2D eigenvalue weighted by Crippen LogP contribution is -2.36. The molecule has 0 saturated carbocycles. The van der Waals surface area contributed by atoms with Crippen molar-refractivity contribution in [2.24, 2.45) is 5.73 Å². The molecule has 1 aromatic rings. The minimum absolute atomic E-state index is 0.491. The van der Waals surface area contributed by atoms with Gasteiger partial charge in [-0.15, -0.1) is 0 Å². The number of hydrogen-bond acceptors (Lipinski definition) is 1. The van der Waals surface area contributed by atoms with Gasteiger partial charge in [0.1, 0.15) is 5.67 Å². The molecule has 2 unspecified atom stereocenters. The molecule has 1 aromatic carbocycles. The summed E-state index contributed by atoms with van der Waals surface area (Å²) < 4.78 is 14.0. The van der Waals surface area contributed by atoms with Crippen LogP contribution in [0.5, 0.6) is 0 Å². The smallest absolute Gasteiger partial charge is 0.147 e. The molecule has 0 aliphatic rings. The van der Waals surface area contributed by atoms with Crippen molar-refractivity contribution in [3.05, 3.63) is 35.4 Å². The Morgan fingerprint density at radius 2 is 2.08 bits per heavy atom. The van der Waals surface area contributed by atoms with Crippen molar-refractivity contribution in [3.8, 4) is 0 Å². The fraction of sp³-hybridized carbons (Fsp3) is 0.455. The average molecular weight is 181 g/mol. The van der Waals surface area contributed by atoms with Crippen molar-refractivity contribution in [2.75, 3.05) is 0 Å². The summed E-state index contributed by atoms with van der Waals surface area (Å²) >= 11 is 0. The van der Waals surface area contributed by atoms with E-state index in [2.05, 4.69) is 0 Å². The first kappa shape index (κ1) is 10.2. The van der Waals surface area contributed by atoms with E-state index in [0.717, 1.165) is 5.56 Å². The third-order valence-corrected chi connectivity index (χ3v) is 2.44. The molecule has 0 spiro atoms. The van der Waals surface area contributed by atoms with Crippen molar-refractivity contribution in [3.63, 3.8) is 0 Å². The van der Waals surface area contributed by atoms with Crippen LogP contribution >= 0.6 is 0 Å². The number of aryl methyl sites for hydroxylation is 1. The van der Waals surface area contributed by atoms with Crippen molar-refractivity contribution in [1.29, 1.82) is 0 Å². The number of benzene rings is 1.